The van der Waals surface area contributed by atoms with Gasteiger partial charge in [0.15, 0.2) is 0 Å². The summed E-state index contributed by atoms with van der Waals surface area (Å²) in [6.07, 6.45) is 0. The Morgan fingerprint density at radius 1 is 0.722 bits per heavy atom. The van der Waals surface area contributed by atoms with E-state index in [1.54, 1.807) is 0 Å². The van der Waals surface area contributed by atoms with Gasteiger partial charge < -0.3 is 4.98 Å². The highest BCUT2D eigenvalue weighted by atomic mass is 79.9. The number of rotatable bonds is 0. The molecule has 4 rings (SSSR count). The fourth-order valence-corrected chi connectivity index (χ4v) is 3.08. The Morgan fingerprint density at radius 2 is 1.61 bits per heavy atom. The Balaban J connectivity index is 2.28. The quantitative estimate of drug-likeness (QED) is 0.457. The molecule has 0 aliphatic carbocycles. The molecule has 3 aromatic carbocycles. The van der Waals surface area contributed by atoms with Crippen LogP contribution in [0.5, 0.6) is 0 Å². The third-order valence-electron chi connectivity index (χ3n) is 3.45. The van der Waals surface area contributed by atoms with Gasteiger partial charge in [-0.15, -0.1) is 0 Å². The van der Waals surface area contributed by atoms with E-state index in [1.807, 2.05) is 0 Å². The zero-order valence-corrected chi connectivity index (χ0v) is 11.2. The van der Waals surface area contributed by atoms with Crippen LogP contribution in [0.3, 0.4) is 0 Å². The lowest BCUT2D eigenvalue weighted by Gasteiger charge is -2.01. The number of halogens is 1. The van der Waals surface area contributed by atoms with Gasteiger partial charge in [0.2, 0.25) is 0 Å². The Kier molecular flexibility index (Phi) is 2.03. The molecule has 0 saturated carbocycles. The summed E-state index contributed by atoms with van der Waals surface area (Å²) in [4.78, 5) is 3.47. The molecule has 0 saturated heterocycles. The highest BCUT2D eigenvalue weighted by Gasteiger charge is 2.06. The van der Waals surface area contributed by atoms with Gasteiger partial charge in [0, 0.05) is 26.3 Å². The molecule has 0 aliphatic heterocycles. The normalized spacial score (nSPS) is 11.6. The number of nitrogens with one attached hydrogen (secondary N) is 1. The van der Waals surface area contributed by atoms with Crippen molar-refractivity contribution in [3.05, 3.63) is 59.1 Å². The molecule has 0 radical (unpaired) electrons. The topological polar surface area (TPSA) is 15.8 Å². The van der Waals surface area contributed by atoms with E-state index >= 15 is 0 Å². The molecule has 0 spiro atoms. The van der Waals surface area contributed by atoms with Crippen LogP contribution in [-0.4, -0.2) is 4.98 Å². The Labute approximate surface area is 113 Å². The first-order valence-corrected chi connectivity index (χ1v) is 6.71. The number of hydrogen-bond donors (Lipinski definition) is 1. The zero-order valence-electron chi connectivity index (χ0n) is 9.57. The SMILES string of the molecule is Brc1cccc2cc3[nH]c4ccccc4c3cc12. The molecule has 1 heterocycles. The molecule has 0 aliphatic rings. The molecule has 0 atom stereocenters. The van der Waals surface area contributed by atoms with Gasteiger partial charge in [0.25, 0.3) is 0 Å². The molecule has 1 aromatic heterocycles. The maximum absolute atomic E-state index is 3.62. The number of fused-ring (bicyclic) bond motifs is 4. The Bertz CT molecular complexity index is 889. The number of para-hydroxylation sites is 1. The summed E-state index contributed by atoms with van der Waals surface area (Å²) in [5.74, 6) is 0. The van der Waals surface area contributed by atoms with Crippen molar-refractivity contribution in [3.63, 3.8) is 0 Å². The highest BCUT2D eigenvalue weighted by Crippen LogP contribution is 2.32. The molecule has 4 aromatic rings. The van der Waals surface area contributed by atoms with Gasteiger partial charge in [0.05, 0.1) is 0 Å². The van der Waals surface area contributed by atoms with Crippen molar-refractivity contribution in [2.45, 2.75) is 0 Å². The maximum Gasteiger partial charge on any atom is 0.0471 e. The highest BCUT2D eigenvalue weighted by molar-refractivity contribution is 9.10. The van der Waals surface area contributed by atoms with Crippen molar-refractivity contribution in [2.24, 2.45) is 0 Å². The average Bonchev–Trinajstić information content (AvgIpc) is 2.75. The molecule has 0 fully saturated rings. The molecule has 2 heteroatoms. The van der Waals surface area contributed by atoms with Crippen LogP contribution in [0.25, 0.3) is 32.6 Å². The van der Waals surface area contributed by atoms with Gasteiger partial charge in [-0.3, -0.25) is 0 Å². The van der Waals surface area contributed by atoms with Gasteiger partial charge in [-0.05, 0) is 35.0 Å². The van der Waals surface area contributed by atoms with Gasteiger partial charge in [-0.2, -0.15) is 0 Å². The van der Waals surface area contributed by atoms with Crippen molar-refractivity contribution in [3.8, 4) is 0 Å². The lowest BCUT2D eigenvalue weighted by molar-refractivity contribution is 1.55. The van der Waals surface area contributed by atoms with Gasteiger partial charge in [0.1, 0.15) is 0 Å². The standard InChI is InChI=1S/C16H10BrN/c17-14-6-3-4-10-8-16-13(9-12(10)14)11-5-1-2-7-15(11)18-16/h1-9,18H. The third-order valence-corrected chi connectivity index (χ3v) is 4.14. The molecule has 1 nitrogen and oxygen atoms in total. The molecule has 1 N–H and O–H groups in total. The van der Waals surface area contributed by atoms with E-state index in [4.69, 9.17) is 0 Å². The van der Waals surface area contributed by atoms with Crippen molar-refractivity contribution >= 4 is 48.5 Å². The Hall–Kier alpha value is -1.80. The zero-order chi connectivity index (χ0) is 12.1. The number of benzene rings is 3. The predicted octanol–water partition coefficient (Wildman–Crippen LogP) is 5.24. The molecule has 18 heavy (non-hydrogen) atoms. The second-order valence-electron chi connectivity index (χ2n) is 4.53. The van der Waals surface area contributed by atoms with Crippen molar-refractivity contribution in [1.82, 2.24) is 4.98 Å². The van der Waals surface area contributed by atoms with E-state index in [-0.39, 0.29) is 0 Å². The smallest absolute Gasteiger partial charge is 0.0471 e. The van der Waals surface area contributed by atoms with Crippen LogP contribution >= 0.6 is 15.9 Å². The minimum Gasteiger partial charge on any atom is -0.354 e. The van der Waals surface area contributed by atoms with Crippen LogP contribution in [0.2, 0.25) is 0 Å². The van der Waals surface area contributed by atoms with Crippen molar-refractivity contribution in [2.75, 3.05) is 0 Å². The molecule has 0 bridgehead atoms. The minimum atomic E-state index is 1.15. The summed E-state index contributed by atoms with van der Waals surface area (Å²) >= 11 is 3.62. The van der Waals surface area contributed by atoms with Crippen molar-refractivity contribution < 1.29 is 0 Å². The second-order valence-corrected chi connectivity index (χ2v) is 5.38. The summed E-state index contributed by atoms with van der Waals surface area (Å²) in [5.41, 5.74) is 2.39. The van der Waals surface area contributed by atoms with Crippen LogP contribution in [-0.2, 0) is 0 Å². The summed E-state index contributed by atoms with van der Waals surface area (Å²) < 4.78 is 1.15. The monoisotopic (exact) mass is 295 g/mol. The lowest BCUT2D eigenvalue weighted by atomic mass is 10.1. The first-order valence-electron chi connectivity index (χ1n) is 5.92. The molecule has 86 valence electrons. The van der Waals surface area contributed by atoms with Crippen LogP contribution in [0.4, 0.5) is 0 Å². The fraction of sp³-hybridized carbons (Fsp3) is 0. The average molecular weight is 296 g/mol. The first kappa shape index (κ1) is 10.2. The molecular weight excluding hydrogens is 286 g/mol. The van der Waals surface area contributed by atoms with E-state index in [9.17, 15) is 0 Å². The van der Waals surface area contributed by atoms with Gasteiger partial charge in [-0.25, -0.2) is 0 Å². The Morgan fingerprint density at radius 3 is 2.56 bits per heavy atom. The molecular formula is C16H10BrN. The first-order chi connectivity index (χ1) is 8.83. The predicted molar refractivity (Wildman–Crippen MR) is 81.0 cm³/mol. The maximum atomic E-state index is 3.62. The van der Waals surface area contributed by atoms with Crippen LogP contribution in [0.1, 0.15) is 0 Å². The number of H-pyrrole nitrogens is 1. The lowest BCUT2D eigenvalue weighted by Crippen LogP contribution is -1.75. The van der Waals surface area contributed by atoms with Crippen molar-refractivity contribution in [1.29, 1.82) is 0 Å². The van der Waals surface area contributed by atoms with Crippen LogP contribution < -0.4 is 0 Å². The molecule has 0 unspecified atom stereocenters. The summed E-state index contributed by atoms with van der Waals surface area (Å²) in [6, 6.07) is 19.2. The van der Waals surface area contributed by atoms with E-state index < -0.39 is 0 Å². The summed E-state index contributed by atoms with van der Waals surface area (Å²) in [6.45, 7) is 0. The van der Waals surface area contributed by atoms with Gasteiger partial charge >= 0.3 is 0 Å². The summed E-state index contributed by atoms with van der Waals surface area (Å²) in [5, 5.41) is 5.08. The van der Waals surface area contributed by atoms with E-state index in [0.717, 1.165) is 4.47 Å². The number of hydrogen-bond acceptors (Lipinski definition) is 0. The number of aromatic nitrogens is 1. The largest absolute Gasteiger partial charge is 0.354 e. The van der Waals surface area contributed by atoms with Crippen LogP contribution in [0, 0.1) is 0 Å². The summed E-state index contributed by atoms with van der Waals surface area (Å²) in [7, 11) is 0. The number of aromatic amines is 1. The fourth-order valence-electron chi connectivity index (χ4n) is 2.59. The minimum absolute atomic E-state index is 1.15. The van der Waals surface area contributed by atoms with E-state index in [0.29, 0.717) is 0 Å². The van der Waals surface area contributed by atoms with Gasteiger partial charge in [-0.1, -0.05) is 46.3 Å². The second kappa shape index (κ2) is 3.59. The van der Waals surface area contributed by atoms with Crippen LogP contribution in [0.15, 0.2) is 59.1 Å². The van der Waals surface area contributed by atoms with E-state index in [1.165, 1.54) is 32.6 Å². The van der Waals surface area contributed by atoms with E-state index in [2.05, 4.69) is 75.5 Å². The third kappa shape index (κ3) is 1.33. The molecule has 0 amide bonds.